The number of unbranched alkanes of at least 4 members (excludes halogenated alkanes) is 3. The van der Waals surface area contributed by atoms with E-state index in [9.17, 15) is 5.11 Å². The van der Waals surface area contributed by atoms with Gasteiger partial charge >= 0.3 is 165 Å². The minimum absolute atomic E-state index is 0.509. The van der Waals surface area contributed by atoms with Crippen molar-refractivity contribution >= 4 is 30.0 Å². The van der Waals surface area contributed by atoms with Crippen molar-refractivity contribution < 1.29 is 5.11 Å². The number of rotatable bonds is 13. The van der Waals surface area contributed by atoms with Gasteiger partial charge in [0.05, 0.1) is 0 Å². The van der Waals surface area contributed by atoms with Gasteiger partial charge in [0.15, 0.2) is 0 Å². The molecule has 0 amide bonds. The average molecular weight is 472 g/mol. The Balaban J connectivity index is 2.77. The molecule has 0 fully saturated rings. The van der Waals surface area contributed by atoms with Crippen molar-refractivity contribution in [2.45, 2.75) is 83.1 Å². The fraction of sp³-hybridized carbons (Fsp3) is 0.636. The van der Waals surface area contributed by atoms with Crippen LogP contribution in [0.5, 0.6) is 0 Å². The average Bonchev–Trinajstić information content (AvgIpc) is 2.63. The van der Waals surface area contributed by atoms with Gasteiger partial charge in [-0.15, -0.1) is 0 Å². The maximum atomic E-state index is 10.4. The molecule has 1 aromatic rings. The summed E-state index contributed by atoms with van der Waals surface area (Å²) in [6.07, 6.45) is 12.0. The van der Waals surface area contributed by atoms with Crippen molar-refractivity contribution in [2.75, 3.05) is 0 Å². The van der Waals surface area contributed by atoms with E-state index < -0.39 is 24.5 Å². The topological polar surface area (TPSA) is 20.2 Å². The van der Waals surface area contributed by atoms with Gasteiger partial charge in [-0.25, -0.2) is 0 Å². The van der Waals surface area contributed by atoms with Crippen LogP contribution in [0.1, 0.15) is 71.0 Å². The quantitative estimate of drug-likeness (QED) is 0.230. The molecule has 0 aliphatic rings. The van der Waals surface area contributed by atoms with E-state index >= 15 is 0 Å². The van der Waals surface area contributed by atoms with Crippen LogP contribution in [-0.2, 0) is 0 Å². The Hall–Kier alpha value is 0.00870. The van der Waals surface area contributed by atoms with E-state index in [1.165, 1.54) is 56.3 Å². The molecule has 142 valence electrons. The Morgan fingerprint density at radius 2 is 1.40 bits per heavy atom. The molecule has 0 bridgehead atoms. The molecule has 0 spiro atoms. The van der Waals surface area contributed by atoms with Gasteiger partial charge in [-0.3, -0.25) is 0 Å². The molecule has 0 saturated heterocycles. The third kappa shape index (κ3) is 8.97. The number of halogens is 1. The van der Waals surface area contributed by atoms with Crippen LogP contribution in [0, 0.1) is 0 Å². The summed E-state index contributed by atoms with van der Waals surface area (Å²) >= 11 is 3.83. The third-order valence-corrected chi connectivity index (χ3v) is 20.8. The fourth-order valence-electron chi connectivity index (χ4n) is 3.55. The maximum absolute atomic E-state index is 10.4. The molecule has 0 heterocycles. The van der Waals surface area contributed by atoms with Gasteiger partial charge in [0.2, 0.25) is 0 Å². The number of hydrogen-bond donors (Lipinski definition) is 1. The standard InChI is InChI=1S/C10H10ClO.3C4H9.Sn/c1-2-3-10(12)8-4-6-9(11)7-5-8;3*1-3-4-2;/h2-7,10,12H,1H2;3*1,3-4H2,2H3;/b3-2-;;;;. The van der Waals surface area contributed by atoms with E-state index in [0.717, 1.165) is 5.56 Å². The van der Waals surface area contributed by atoms with Crippen molar-refractivity contribution in [1.82, 2.24) is 0 Å². The zero-order valence-electron chi connectivity index (χ0n) is 16.4. The van der Waals surface area contributed by atoms with Crippen LogP contribution >= 0.6 is 11.6 Å². The van der Waals surface area contributed by atoms with E-state index in [0.29, 0.717) is 5.02 Å². The van der Waals surface area contributed by atoms with Crippen LogP contribution in [0.4, 0.5) is 0 Å². The molecular weight excluding hydrogens is 434 g/mol. The first-order chi connectivity index (χ1) is 12.1. The van der Waals surface area contributed by atoms with Gasteiger partial charge in [-0.05, 0) is 0 Å². The molecule has 1 nitrogen and oxygen atoms in total. The van der Waals surface area contributed by atoms with Crippen molar-refractivity contribution in [1.29, 1.82) is 0 Å². The number of benzene rings is 1. The molecule has 0 aliphatic heterocycles. The molecular formula is C22H37ClOSn. The van der Waals surface area contributed by atoms with Gasteiger partial charge in [0.1, 0.15) is 0 Å². The third-order valence-electron chi connectivity index (χ3n) is 5.26. The number of aliphatic hydroxyl groups is 1. The normalized spacial score (nSPS) is 13.5. The Morgan fingerprint density at radius 3 is 1.84 bits per heavy atom. The van der Waals surface area contributed by atoms with Crippen molar-refractivity contribution in [3.05, 3.63) is 47.0 Å². The Morgan fingerprint density at radius 1 is 0.920 bits per heavy atom. The van der Waals surface area contributed by atoms with Gasteiger partial charge in [-0.2, -0.15) is 0 Å². The Labute approximate surface area is 164 Å². The Bertz CT molecular complexity index is 462. The summed E-state index contributed by atoms with van der Waals surface area (Å²) in [4.78, 5) is 0. The summed E-state index contributed by atoms with van der Waals surface area (Å²) in [5, 5.41) is 11.1. The van der Waals surface area contributed by atoms with E-state index in [4.69, 9.17) is 11.6 Å². The second kappa shape index (κ2) is 13.2. The summed E-state index contributed by atoms with van der Waals surface area (Å²) in [6, 6.07) is 7.53. The molecule has 0 saturated carbocycles. The predicted molar refractivity (Wildman–Crippen MR) is 115 cm³/mol. The van der Waals surface area contributed by atoms with Crippen molar-refractivity contribution in [2.24, 2.45) is 0 Å². The first-order valence-electron chi connectivity index (χ1n) is 10.2. The molecule has 0 aromatic heterocycles. The first-order valence-corrected chi connectivity index (χ1v) is 18.6. The van der Waals surface area contributed by atoms with Crippen LogP contribution < -0.4 is 0 Å². The predicted octanol–water partition coefficient (Wildman–Crippen LogP) is 7.78. The number of aliphatic hydroxyl groups excluding tert-OH is 1. The summed E-state index contributed by atoms with van der Waals surface area (Å²) in [6.45, 7) is 6.95. The second-order valence-corrected chi connectivity index (χ2v) is 21.9. The molecule has 0 radical (unpaired) electrons. The van der Waals surface area contributed by atoms with Crippen LogP contribution in [-0.4, -0.2) is 23.5 Å². The summed E-state index contributed by atoms with van der Waals surface area (Å²) in [5.41, 5.74) is 0.928. The molecule has 1 N–H and O–H groups in total. The van der Waals surface area contributed by atoms with Crippen LogP contribution in [0.3, 0.4) is 0 Å². The summed E-state index contributed by atoms with van der Waals surface area (Å²) in [5.74, 6) is 0. The molecule has 1 aromatic carbocycles. The molecule has 1 atom stereocenters. The van der Waals surface area contributed by atoms with E-state index in [-0.39, 0.29) is 0 Å². The van der Waals surface area contributed by atoms with Gasteiger partial charge in [0.25, 0.3) is 0 Å². The van der Waals surface area contributed by atoms with Gasteiger partial charge in [-0.1, -0.05) is 0 Å². The van der Waals surface area contributed by atoms with E-state index in [1.807, 2.05) is 30.3 Å². The second-order valence-electron chi connectivity index (χ2n) is 7.44. The van der Waals surface area contributed by atoms with Crippen LogP contribution in [0.15, 0.2) is 36.4 Å². The molecule has 25 heavy (non-hydrogen) atoms. The van der Waals surface area contributed by atoms with E-state index in [1.54, 1.807) is 0 Å². The number of allylic oxidation sites excluding steroid dienone is 1. The van der Waals surface area contributed by atoms with Crippen LogP contribution in [0.2, 0.25) is 22.8 Å². The molecule has 0 aliphatic carbocycles. The molecule has 3 heteroatoms. The number of hydrogen-bond acceptors (Lipinski definition) is 1. The van der Waals surface area contributed by atoms with Gasteiger partial charge < -0.3 is 0 Å². The first kappa shape index (κ1) is 23.0. The van der Waals surface area contributed by atoms with Gasteiger partial charge in [0, 0.05) is 0 Å². The SMILES string of the molecule is CCC[CH2][Sn]([CH2]/C=C\C(O)c1ccc(Cl)cc1)([CH2]CCC)[CH2]CCC. The summed E-state index contributed by atoms with van der Waals surface area (Å²) < 4.78 is 5.85. The summed E-state index contributed by atoms with van der Waals surface area (Å²) in [7, 11) is 0. The van der Waals surface area contributed by atoms with E-state index in [2.05, 4.69) is 26.8 Å². The molecule has 1 rings (SSSR count). The van der Waals surface area contributed by atoms with Crippen LogP contribution in [0.25, 0.3) is 0 Å². The monoisotopic (exact) mass is 472 g/mol. The zero-order valence-corrected chi connectivity index (χ0v) is 20.0. The molecule has 1 unspecified atom stereocenters. The minimum atomic E-state index is -2.11. The fourth-order valence-corrected chi connectivity index (χ4v) is 18.8. The van der Waals surface area contributed by atoms with Crippen molar-refractivity contribution in [3.8, 4) is 0 Å². The Kier molecular flexibility index (Phi) is 12.2. The zero-order chi connectivity index (χ0) is 18.5. The van der Waals surface area contributed by atoms with Crippen molar-refractivity contribution in [3.63, 3.8) is 0 Å².